The summed E-state index contributed by atoms with van der Waals surface area (Å²) >= 11 is 0. The van der Waals surface area contributed by atoms with Gasteiger partial charge >= 0.3 is 0 Å². The fraction of sp³-hybridized carbons (Fsp3) is 0.111. The Morgan fingerprint density at radius 3 is 2.58 bits per heavy atom. The van der Waals surface area contributed by atoms with E-state index in [1.165, 1.54) is 41.1 Å². The van der Waals surface area contributed by atoms with Crippen LogP contribution in [0.25, 0.3) is 11.3 Å². The number of rotatable bonds is 7. The summed E-state index contributed by atoms with van der Waals surface area (Å²) in [6, 6.07) is 15.4. The molecule has 0 spiro atoms. The minimum absolute atomic E-state index is 0.00730. The van der Waals surface area contributed by atoms with Crippen molar-refractivity contribution in [2.75, 3.05) is 11.9 Å². The van der Waals surface area contributed by atoms with E-state index in [0.29, 0.717) is 5.69 Å². The van der Waals surface area contributed by atoms with E-state index in [2.05, 4.69) is 15.4 Å². The number of benzene rings is 2. The molecule has 9 nitrogen and oxygen atoms in total. The monoisotopic (exact) mass is 517 g/mol. The third-order valence-electron chi connectivity index (χ3n) is 5.60. The fourth-order valence-electron chi connectivity index (χ4n) is 3.76. The standard InChI is InChI=1S/C27H21F2N5O4/c1-3-37-21-12-13-33(17-6-4-16(2)5-7-17)27(36)25(21)26(35)31-20-9-8-18(14-19(20)28)38-24-11-10-23-30-15-22(29)34(23)32-24/h4-15H,3H2,1-2H3,(H,31,35). The summed E-state index contributed by atoms with van der Waals surface area (Å²) in [5.41, 5.74) is 0.791. The maximum atomic E-state index is 14.9. The first-order chi connectivity index (χ1) is 18.3. The number of nitrogens with zero attached hydrogens (tertiary/aromatic N) is 4. The lowest BCUT2D eigenvalue weighted by atomic mass is 10.2. The molecule has 0 saturated carbocycles. The molecular formula is C27H21F2N5O4. The van der Waals surface area contributed by atoms with Gasteiger partial charge < -0.3 is 14.8 Å². The lowest BCUT2D eigenvalue weighted by Crippen LogP contribution is -2.29. The van der Waals surface area contributed by atoms with E-state index in [9.17, 15) is 18.4 Å². The van der Waals surface area contributed by atoms with E-state index in [1.54, 1.807) is 19.1 Å². The zero-order valence-electron chi connectivity index (χ0n) is 20.3. The number of halogens is 2. The molecule has 2 aromatic carbocycles. The van der Waals surface area contributed by atoms with E-state index in [1.807, 2.05) is 19.1 Å². The van der Waals surface area contributed by atoms with Gasteiger partial charge in [0, 0.05) is 24.0 Å². The Labute approximate surface area is 214 Å². The van der Waals surface area contributed by atoms with Gasteiger partial charge in [-0.05, 0) is 50.2 Å². The quantitative estimate of drug-likeness (QED) is 0.329. The van der Waals surface area contributed by atoms with Gasteiger partial charge in [0.15, 0.2) is 5.65 Å². The Hall–Kier alpha value is -5.06. The number of imidazole rings is 1. The molecule has 3 aromatic heterocycles. The largest absolute Gasteiger partial charge is 0.493 e. The molecule has 0 fully saturated rings. The smallest absolute Gasteiger partial charge is 0.271 e. The Bertz CT molecular complexity index is 1710. The molecule has 0 unspecified atom stereocenters. The average Bonchev–Trinajstić information content (AvgIpc) is 3.26. The van der Waals surface area contributed by atoms with Gasteiger partial charge in [0.05, 0.1) is 18.5 Å². The second-order valence-corrected chi connectivity index (χ2v) is 8.22. The van der Waals surface area contributed by atoms with Crippen molar-refractivity contribution in [2.45, 2.75) is 13.8 Å². The van der Waals surface area contributed by atoms with Crippen LogP contribution in [0.4, 0.5) is 14.5 Å². The van der Waals surface area contributed by atoms with Gasteiger partial charge in [0.2, 0.25) is 11.8 Å². The molecule has 0 aliphatic carbocycles. The Balaban J connectivity index is 1.41. The zero-order valence-corrected chi connectivity index (χ0v) is 20.3. The van der Waals surface area contributed by atoms with Crippen LogP contribution < -0.4 is 20.3 Å². The number of pyridine rings is 1. The number of carbonyl (C=O) groups is 1. The van der Waals surface area contributed by atoms with Crippen LogP contribution in [0.3, 0.4) is 0 Å². The summed E-state index contributed by atoms with van der Waals surface area (Å²) in [6.45, 7) is 3.86. The molecule has 0 aliphatic heterocycles. The zero-order chi connectivity index (χ0) is 26.8. The summed E-state index contributed by atoms with van der Waals surface area (Å²) in [4.78, 5) is 30.3. The van der Waals surface area contributed by atoms with E-state index >= 15 is 0 Å². The van der Waals surface area contributed by atoms with Crippen LogP contribution >= 0.6 is 0 Å². The molecule has 5 rings (SSSR count). The number of carbonyl (C=O) groups excluding carboxylic acids is 1. The molecule has 0 atom stereocenters. The SMILES string of the molecule is CCOc1ccn(-c2ccc(C)cc2)c(=O)c1C(=O)Nc1ccc(Oc2ccc3ncc(F)n3n2)cc1F. The number of nitrogens with one attached hydrogen (secondary N) is 1. The number of fused-ring (bicyclic) bond motifs is 1. The molecule has 0 bridgehead atoms. The van der Waals surface area contributed by atoms with Gasteiger partial charge in [-0.15, -0.1) is 5.10 Å². The molecule has 1 amide bonds. The number of aromatic nitrogens is 4. The van der Waals surface area contributed by atoms with Crippen LogP contribution in [0.15, 0.2) is 77.9 Å². The Morgan fingerprint density at radius 1 is 1.05 bits per heavy atom. The van der Waals surface area contributed by atoms with E-state index in [4.69, 9.17) is 9.47 Å². The van der Waals surface area contributed by atoms with Crippen molar-refractivity contribution in [3.05, 3.63) is 106 Å². The van der Waals surface area contributed by atoms with E-state index in [-0.39, 0.29) is 40.9 Å². The summed E-state index contributed by atoms with van der Waals surface area (Å²) < 4.78 is 42.0. The number of hydrogen-bond donors (Lipinski definition) is 1. The number of hydrogen-bond acceptors (Lipinski definition) is 6. The van der Waals surface area contributed by atoms with E-state index < -0.39 is 23.2 Å². The first-order valence-corrected chi connectivity index (χ1v) is 11.6. The van der Waals surface area contributed by atoms with Crippen molar-refractivity contribution in [1.29, 1.82) is 0 Å². The normalized spacial score (nSPS) is 10.9. The van der Waals surface area contributed by atoms with Crippen molar-refractivity contribution in [3.8, 4) is 23.1 Å². The predicted molar refractivity (Wildman–Crippen MR) is 135 cm³/mol. The Kier molecular flexibility index (Phi) is 6.56. The van der Waals surface area contributed by atoms with Crippen molar-refractivity contribution >= 4 is 17.2 Å². The number of ether oxygens (including phenoxy) is 2. The van der Waals surface area contributed by atoms with Crippen molar-refractivity contribution in [2.24, 2.45) is 0 Å². The maximum Gasteiger partial charge on any atom is 0.271 e. The highest BCUT2D eigenvalue weighted by atomic mass is 19.1. The maximum absolute atomic E-state index is 14.9. The van der Waals surface area contributed by atoms with Crippen LogP contribution in [0, 0.1) is 18.7 Å². The molecule has 0 saturated heterocycles. The minimum Gasteiger partial charge on any atom is -0.493 e. The molecule has 3 heterocycles. The van der Waals surface area contributed by atoms with Crippen LogP contribution in [0.2, 0.25) is 0 Å². The lowest BCUT2D eigenvalue weighted by Gasteiger charge is -2.14. The van der Waals surface area contributed by atoms with Gasteiger partial charge in [0.25, 0.3) is 11.5 Å². The molecule has 1 N–H and O–H groups in total. The average molecular weight is 517 g/mol. The number of aryl methyl sites for hydroxylation is 1. The van der Waals surface area contributed by atoms with Crippen molar-refractivity contribution in [3.63, 3.8) is 0 Å². The fourth-order valence-corrected chi connectivity index (χ4v) is 3.76. The molecule has 11 heteroatoms. The second-order valence-electron chi connectivity index (χ2n) is 8.22. The van der Waals surface area contributed by atoms with Crippen molar-refractivity contribution < 1.29 is 23.0 Å². The van der Waals surface area contributed by atoms with Gasteiger partial charge in [0.1, 0.15) is 22.9 Å². The minimum atomic E-state index is -0.838. The summed E-state index contributed by atoms with van der Waals surface area (Å²) in [5.74, 6) is -2.19. The predicted octanol–water partition coefficient (Wildman–Crippen LogP) is 4.91. The van der Waals surface area contributed by atoms with Crippen LogP contribution in [-0.4, -0.2) is 31.7 Å². The van der Waals surface area contributed by atoms with E-state index in [0.717, 1.165) is 22.3 Å². The topological polar surface area (TPSA) is 99.8 Å². The molecule has 192 valence electrons. The molecule has 0 aliphatic rings. The second kappa shape index (κ2) is 10.1. The van der Waals surface area contributed by atoms with Gasteiger partial charge in [-0.1, -0.05) is 17.7 Å². The van der Waals surface area contributed by atoms with Crippen molar-refractivity contribution in [1.82, 2.24) is 19.2 Å². The first-order valence-electron chi connectivity index (χ1n) is 11.6. The Morgan fingerprint density at radius 2 is 1.84 bits per heavy atom. The van der Waals surface area contributed by atoms with Crippen LogP contribution in [0.5, 0.6) is 17.4 Å². The molecule has 0 radical (unpaired) electrons. The summed E-state index contributed by atoms with van der Waals surface area (Å²) in [7, 11) is 0. The van der Waals surface area contributed by atoms with Gasteiger partial charge in [-0.2, -0.15) is 8.91 Å². The van der Waals surface area contributed by atoms with Crippen LogP contribution in [-0.2, 0) is 0 Å². The highest BCUT2D eigenvalue weighted by molar-refractivity contribution is 6.06. The molecule has 38 heavy (non-hydrogen) atoms. The summed E-state index contributed by atoms with van der Waals surface area (Å²) in [5, 5.41) is 6.39. The third-order valence-corrected chi connectivity index (χ3v) is 5.60. The lowest BCUT2D eigenvalue weighted by molar-refractivity contribution is 0.102. The number of anilines is 1. The molecular weight excluding hydrogens is 496 g/mol. The van der Waals surface area contributed by atoms with Crippen LogP contribution in [0.1, 0.15) is 22.8 Å². The van der Waals surface area contributed by atoms with Gasteiger partial charge in [-0.3, -0.25) is 14.2 Å². The van der Waals surface area contributed by atoms with Gasteiger partial charge in [-0.25, -0.2) is 9.37 Å². The molecule has 5 aromatic rings. The number of amides is 1. The third kappa shape index (κ3) is 4.81. The first kappa shape index (κ1) is 24.6. The summed E-state index contributed by atoms with van der Waals surface area (Å²) in [6.07, 6.45) is 2.53. The highest BCUT2D eigenvalue weighted by Gasteiger charge is 2.21. The highest BCUT2D eigenvalue weighted by Crippen LogP contribution is 2.26.